The summed E-state index contributed by atoms with van der Waals surface area (Å²) in [7, 11) is 3.42. The van der Waals surface area contributed by atoms with Crippen LogP contribution in [0.4, 0.5) is 0 Å². The molecular weight excluding hydrogens is 433 g/mol. The molecule has 140 valence electrons. The molecule has 0 radical (unpaired) electrons. The predicted octanol–water partition coefficient (Wildman–Crippen LogP) is 2.59. The van der Waals surface area contributed by atoms with E-state index in [1.165, 1.54) is 5.57 Å². The summed E-state index contributed by atoms with van der Waals surface area (Å²) < 4.78 is 16.1. The molecule has 0 saturated carbocycles. The molecule has 0 amide bonds. The number of methoxy groups -OCH3 is 1. The van der Waals surface area contributed by atoms with Gasteiger partial charge in [-0.2, -0.15) is 0 Å². The van der Waals surface area contributed by atoms with Crippen molar-refractivity contribution in [2.75, 3.05) is 47.1 Å². The molecular formula is C18H28IN3O3. The van der Waals surface area contributed by atoms with Gasteiger partial charge < -0.3 is 24.8 Å². The molecule has 1 aliphatic heterocycles. The summed E-state index contributed by atoms with van der Waals surface area (Å²) in [5.41, 5.74) is 1.45. The zero-order valence-corrected chi connectivity index (χ0v) is 17.2. The molecule has 2 rings (SSSR count). The van der Waals surface area contributed by atoms with Crippen molar-refractivity contribution in [1.29, 1.82) is 0 Å². The average Bonchev–Trinajstić information content (AvgIpc) is 2.65. The van der Waals surface area contributed by atoms with Gasteiger partial charge in [0.1, 0.15) is 18.1 Å². The van der Waals surface area contributed by atoms with E-state index in [4.69, 9.17) is 14.2 Å². The molecule has 1 aliphatic rings. The minimum atomic E-state index is 0. The number of guanidine groups is 1. The molecule has 6 nitrogen and oxygen atoms in total. The van der Waals surface area contributed by atoms with Crippen LogP contribution < -0.4 is 20.1 Å². The second-order valence-corrected chi connectivity index (χ2v) is 5.39. The summed E-state index contributed by atoms with van der Waals surface area (Å²) in [6.07, 6.45) is 4.22. The third-order valence-corrected chi connectivity index (χ3v) is 3.74. The summed E-state index contributed by atoms with van der Waals surface area (Å²) in [4.78, 5) is 4.22. The van der Waals surface area contributed by atoms with Crippen LogP contribution in [0.2, 0.25) is 0 Å². The van der Waals surface area contributed by atoms with E-state index in [1.54, 1.807) is 14.2 Å². The van der Waals surface area contributed by atoms with Crippen LogP contribution in [0.3, 0.4) is 0 Å². The second-order valence-electron chi connectivity index (χ2n) is 5.39. The number of ether oxygens (including phenoxy) is 3. The first kappa shape index (κ1) is 21.6. The van der Waals surface area contributed by atoms with Gasteiger partial charge in [-0.05, 0) is 37.1 Å². The van der Waals surface area contributed by atoms with Crippen molar-refractivity contribution in [2.45, 2.75) is 12.8 Å². The highest BCUT2D eigenvalue weighted by Crippen LogP contribution is 2.16. The van der Waals surface area contributed by atoms with Gasteiger partial charge in [0.25, 0.3) is 0 Å². The van der Waals surface area contributed by atoms with Crippen LogP contribution in [0.25, 0.3) is 0 Å². The average molecular weight is 461 g/mol. The number of halogens is 1. The molecule has 1 aromatic carbocycles. The van der Waals surface area contributed by atoms with Crippen LogP contribution in [-0.2, 0) is 4.74 Å². The van der Waals surface area contributed by atoms with E-state index in [2.05, 4.69) is 21.7 Å². The van der Waals surface area contributed by atoms with Gasteiger partial charge in [0.15, 0.2) is 5.96 Å². The van der Waals surface area contributed by atoms with E-state index in [-0.39, 0.29) is 24.0 Å². The molecule has 25 heavy (non-hydrogen) atoms. The van der Waals surface area contributed by atoms with Gasteiger partial charge in [0.2, 0.25) is 0 Å². The fourth-order valence-corrected chi connectivity index (χ4v) is 2.36. The highest BCUT2D eigenvalue weighted by Gasteiger charge is 2.04. The summed E-state index contributed by atoms with van der Waals surface area (Å²) in [5.74, 6) is 2.44. The van der Waals surface area contributed by atoms with Crippen LogP contribution in [0.5, 0.6) is 11.5 Å². The Bertz CT molecular complexity index is 547. The summed E-state index contributed by atoms with van der Waals surface area (Å²) in [5, 5.41) is 6.56. The van der Waals surface area contributed by atoms with Crippen molar-refractivity contribution in [2.24, 2.45) is 4.99 Å². The molecule has 7 heteroatoms. The zero-order valence-electron chi connectivity index (χ0n) is 14.9. The molecule has 1 heterocycles. The Morgan fingerprint density at radius 2 is 1.88 bits per heavy atom. The summed E-state index contributed by atoms with van der Waals surface area (Å²) in [6.45, 7) is 3.69. The number of hydrogen-bond donors (Lipinski definition) is 2. The van der Waals surface area contributed by atoms with Crippen molar-refractivity contribution in [3.8, 4) is 11.5 Å². The number of aliphatic imine (C=N–C) groups is 1. The lowest BCUT2D eigenvalue weighted by molar-refractivity contribution is 0.153. The summed E-state index contributed by atoms with van der Waals surface area (Å²) in [6, 6.07) is 7.56. The molecule has 0 bridgehead atoms. The third-order valence-electron chi connectivity index (χ3n) is 3.74. The molecule has 0 spiro atoms. The maximum Gasteiger partial charge on any atom is 0.191 e. The Morgan fingerprint density at radius 3 is 2.52 bits per heavy atom. The standard InChI is InChI=1S/C18H27N3O3.HI/c1-19-18(20-10-7-15-8-12-23-13-9-15)21-11-14-24-17-5-3-16(22-2)4-6-17;/h3-6,8H,7,9-14H2,1-2H3,(H2,19,20,21);1H. The number of benzene rings is 1. The maximum atomic E-state index is 5.68. The van der Waals surface area contributed by atoms with Crippen LogP contribution >= 0.6 is 24.0 Å². The Hall–Kier alpha value is -1.48. The Balaban J connectivity index is 0.00000312. The Morgan fingerprint density at radius 1 is 1.16 bits per heavy atom. The molecule has 2 N–H and O–H groups in total. The van der Waals surface area contributed by atoms with E-state index in [9.17, 15) is 0 Å². The predicted molar refractivity (Wildman–Crippen MR) is 111 cm³/mol. The topological polar surface area (TPSA) is 64.1 Å². The minimum absolute atomic E-state index is 0. The quantitative estimate of drug-likeness (QED) is 0.205. The molecule has 0 unspecified atom stereocenters. The highest BCUT2D eigenvalue weighted by atomic mass is 127. The van der Waals surface area contributed by atoms with Crippen LogP contribution in [0.1, 0.15) is 12.8 Å². The fourth-order valence-electron chi connectivity index (χ4n) is 2.36. The van der Waals surface area contributed by atoms with Crippen LogP contribution in [0, 0.1) is 0 Å². The van der Waals surface area contributed by atoms with Crippen molar-refractivity contribution < 1.29 is 14.2 Å². The van der Waals surface area contributed by atoms with Gasteiger partial charge in [-0.3, -0.25) is 4.99 Å². The smallest absolute Gasteiger partial charge is 0.191 e. The van der Waals surface area contributed by atoms with Gasteiger partial charge in [-0.15, -0.1) is 24.0 Å². The number of nitrogens with one attached hydrogen (secondary N) is 2. The minimum Gasteiger partial charge on any atom is -0.497 e. The lowest BCUT2D eigenvalue weighted by Crippen LogP contribution is -2.39. The molecule has 0 fully saturated rings. The van der Waals surface area contributed by atoms with Gasteiger partial charge in [0, 0.05) is 13.6 Å². The summed E-state index contributed by atoms with van der Waals surface area (Å²) >= 11 is 0. The molecule has 0 saturated heterocycles. The monoisotopic (exact) mass is 461 g/mol. The van der Waals surface area contributed by atoms with Crippen LogP contribution in [-0.4, -0.2) is 53.0 Å². The first-order valence-electron chi connectivity index (χ1n) is 8.29. The lowest BCUT2D eigenvalue weighted by Gasteiger charge is -2.15. The molecule has 0 aliphatic carbocycles. The highest BCUT2D eigenvalue weighted by molar-refractivity contribution is 14.0. The van der Waals surface area contributed by atoms with Crippen LogP contribution in [0.15, 0.2) is 40.9 Å². The van der Waals surface area contributed by atoms with Crippen molar-refractivity contribution in [3.05, 3.63) is 35.9 Å². The zero-order chi connectivity index (χ0) is 17.0. The van der Waals surface area contributed by atoms with Crippen molar-refractivity contribution in [3.63, 3.8) is 0 Å². The van der Waals surface area contributed by atoms with Gasteiger partial charge in [-0.1, -0.05) is 11.6 Å². The SMILES string of the molecule is CN=C(NCCOc1ccc(OC)cc1)NCCC1=CCOCC1.I. The van der Waals surface area contributed by atoms with Gasteiger partial charge in [0.05, 0.1) is 26.9 Å². The first-order chi connectivity index (χ1) is 11.8. The van der Waals surface area contributed by atoms with E-state index in [0.29, 0.717) is 13.2 Å². The molecule has 0 aromatic heterocycles. The Kier molecular flexibility index (Phi) is 11.1. The van der Waals surface area contributed by atoms with E-state index in [0.717, 1.165) is 50.1 Å². The van der Waals surface area contributed by atoms with Gasteiger partial charge in [-0.25, -0.2) is 0 Å². The molecule has 1 aromatic rings. The van der Waals surface area contributed by atoms with Crippen molar-refractivity contribution >= 4 is 29.9 Å². The second kappa shape index (κ2) is 12.8. The number of hydrogen-bond acceptors (Lipinski definition) is 4. The van der Waals surface area contributed by atoms with E-state index < -0.39 is 0 Å². The maximum absolute atomic E-state index is 5.68. The fraction of sp³-hybridized carbons (Fsp3) is 0.500. The van der Waals surface area contributed by atoms with E-state index in [1.807, 2.05) is 24.3 Å². The number of nitrogens with zero attached hydrogens (tertiary/aromatic N) is 1. The van der Waals surface area contributed by atoms with Gasteiger partial charge >= 0.3 is 0 Å². The third kappa shape index (κ3) is 8.44. The van der Waals surface area contributed by atoms with E-state index >= 15 is 0 Å². The lowest BCUT2D eigenvalue weighted by atomic mass is 10.1. The number of rotatable bonds is 8. The molecule has 0 atom stereocenters. The first-order valence-corrected chi connectivity index (χ1v) is 8.29. The normalized spacial score (nSPS) is 14.2. The van der Waals surface area contributed by atoms with Crippen molar-refractivity contribution in [1.82, 2.24) is 10.6 Å². The Labute approximate surface area is 167 Å². The largest absolute Gasteiger partial charge is 0.497 e.